The molecule has 21 heavy (non-hydrogen) atoms. The van der Waals surface area contributed by atoms with E-state index in [0.717, 1.165) is 22.2 Å². The van der Waals surface area contributed by atoms with Crippen LogP contribution in [-0.4, -0.2) is 15.1 Å². The van der Waals surface area contributed by atoms with Crippen molar-refractivity contribution in [2.75, 3.05) is 0 Å². The Morgan fingerprint density at radius 2 is 1.86 bits per heavy atom. The fraction of sp³-hybridized carbons (Fsp3) is 0.278. The van der Waals surface area contributed by atoms with Crippen LogP contribution in [0.25, 0.3) is 22.4 Å². The Morgan fingerprint density at radius 1 is 1.10 bits per heavy atom. The van der Waals surface area contributed by atoms with Crippen molar-refractivity contribution in [2.24, 2.45) is 0 Å². The van der Waals surface area contributed by atoms with Gasteiger partial charge in [-0.2, -0.15) is 0 Å². The van der Waals surface area contributed by atoms with Crippen LogP contribution in [0.2, 0.25) is 0 Å². The van der Waals surface area contributed by atoms with Crippen LogP contribution in [0.1, 0.15) is 31.9 Å². The fourth-order valence-corrected chi connectivity index (χ4v) is 2.49. The molecule has 3 heteroatoms. The summed E-state index contributed by atoms with van der Waals surface area (Å²) in [5.74, 6) is 0.961. The average Bonchev–Trinajstić information content (AvgIpc) is 2.83. The molecule has 0 radical (unpaired) electrons. The smallest absolute Gasteiger partial charge is 0.142 e. The van der Waals surface area contributed by atoms with E-state index in [-0.39, 0.29) is 11.2 Å². The molecule has 3 nitrogen and oxygen atoms in total. The molecule has 0 spiro atoms. The number of aromatic nitrogens is 2. The van der Waals surface area contributed by atoms with Gasteiger partial charge in [-0.05, 0) is 41.7 Å². The number of phenolic OH excluding ortho intramolecular Hbond substituents is 1. The lowest BCUT2D eigenvalue weighted by molar-refractivity contribution is 0.475. The number of phenols is 1. The molecule has 0 aliphatic carbocycles. The Labute approximate surface area is 124 Å². The molecule has 3 rings (SSSR count). The maximum Gasteiger partial charge on any atom is 0.142 e. The van der Waals surface area contributed by atoms with Crippen LogP contribution in [0, 0.1) is 6.92 Å². The third kappa shape index (κ3) is 2.40. The number of nitrogens with zero attached hydrogens (tertiary/aromatic N) is 1. The van der Waals surface area contributed by atoms with Gasteiger partial charge in [0.25, 0.3) is 0 Å². The van der Waals surface area contributed by atoms with E-state index >= 15 is 0 Å². The van der Waals surface area contributed by atoms with Crippen LogP contribution in [0.15, 0.2) is 36.4 Å². The van der Waals surface area contributed by atoms with Crippen LogP contribution in [0.4, 0.5) is 0 Å². The van der Waals surface area contributed by atoms with Crippen molar-refractivity contribution in [3.63, 3.8) is 0 Å². The molecule has 3 aromatic rings. The Kier molecular flexibility index (Phi) is 3.01. The van der Waals surface area contributed by atoms with Crippen molar-refractivity contribution in [3.05, 3.63) is 47.5 Å². The molecular formula is C18H20N2O. The molecule has 0 fully saturated rings. The standard InChI is InChI=1S/C18H20N2O/c1-11-6-5-7-14-16(11)20-17(19-14)13-10-12(18(2,3)4)8-9-15(13)21/h5-10,21H,1-4H3,(H,19,20). The molecule has 0 aliphatic heterocycles. The number of nitrogens with one attached hydrogen (secondary N) is 1. The van der Waals surface area contributed by atoms with Gasteiger partial charge in [0.2, 0.25) is 0 Å². The lowest BCUT2D eigenvalue weighted by Crippen LogP contribution is -2.10. The number of benzene rings is 2. The SMILES string of the molecule is Cc1cccc2nc(-c3cc(C(C)(C)C)ccc3O)[nH]c12. The van der Waals surface area contributed by atoms with Crippen molar-refractivity contribution < 1.29 is 5.11 Å². The summed E-state index contributed by atoms with van der Waals surface area (Å²) in [5.41, 5.74) is 5.05. The number of aromatic amines is 1. The highest BCUT2D eigenvalue weighted by molar-refractivity contribution is 5.83. The Morgan fingerprint density at radius 3 is 2.52 bits per heavy atom. The molecule has 0 bridgehead atoms. The van der Waals surface area contributed by atoms with Gasteiger partial charge in [-0.1, -0.05) is 39.0 Å². The van der Waals surface area contributed by atoms with E-state index < -0.39 is 0 Å². The van der Waals surface area contributed by atoms with Gasteiger partial charge < -0.3 is 10.1 Å². The molecule has 0 unspecified atom stereocenters. The molecule has 0 saturated carbocycles. The number of aromatic hydroxyl groups is 1. The highest BCUT2D eigenvalue weighted by atomic mass is 16.3. The number of fused-ring (bicyclic) bond motifs is 1. The summed E-state index contributed by atoms with van der Waals surface area (Å²) in [6.45, 7) is 8.53. The van der Waals surface area contributed by atoms with Crippen molar-refractivity contribution in [1.29, 1.82) is 0 Å². The average molecular weight is 280 g/mol. The molecule has 2 N–H and O–H groups in total. The maximum atomic E-state index is 10.2. The van der Waals surface area contributed by atoms with Crippen LogP contribution >= 0.6 is 0 Å². The summed E-state index contributed by atoms with van der Waals surface area (Å²) < 4.78 is 0. The van der Waals surface area contributed by atoms with E-state index in [1.54, 1.807) is 6.07 Å². The topological polar surface area (TPSA) is 48.9 Å². The van der Waals surface area contributed by atoms with Gasteiger partial charge >= 0.3 is 0 Å². The van der Waals surface area contributed by atoms with Gasteiger partial charge in [-0.3, -0.25) is 0 Å². The summed E-state index contributed by atoms with van der Waals surface area (Å²) >= 11 is 0. The van der Waals surface area contributed by atoms with Crippen LogP contribution in [0.5, 0.6) is 5.75 Å². The lowest BCUT2D eigenvalue weighted by Gasteiger charge is -2.19. The second-order valence-electron chi connectivity index (χ2n) is 6.54. The Bertz CT molecular complexity index is 810. The van der Waals surface area contributed by atoms with Crippen molar-refractivity contribution in [2.45, 2.75) is 33.1 Å². The molecular weight excluding hydrogens is 260 g/mol. The molecule has 2 aromatic carbocycles. The number of H-pyrrole nitrogens is 1. The number of hydrogen-bond acceptors (Lipinski definition) is 2. The predicted molar refractivity (Wildman–Crippen MR) is 86.6 cm³/mol. The summed E-state index contributed by atoms with van der Waals surface area (Å²) in [6.07, 6.45) is 0. The van der Waals surface area contributed by atoms with Crippen molar-refractivity contribution >= 4 is 11.0 Å². The fourth-order valence-electron chi connectivity index (χ4n) is 2.49. The normalized spacial score (nSPS) is 12.0. The Balaban J connectivity index is 2.20. The molecule has 0 aliphatic rings. The van der Waals surface area contributed by atoms with E-state index in [0.29, 0.717) is 5.82 Å². The van der Waals surface area contributed by atoms with E-state index in [1.165, 1.54) is 5.56 Å². The molecule has 0 atom stereocenters. The summed E-state index contributed by atoms with van der Waals surface area (Å²) in [6, 6.07) is 11.8. The van der Waals surface area contributed by atoms with Gasteiger partial charge in [-0.25, -0.2) is 4.98 Å². The minimum Gasteiger partial charge on any atom is -0.507 e. The number of para-hydroxylation sites is 1. The zero-order valence-electron chi connectivity index (χ0n) is 12.9. The third-order valence-corrected chi connectivity index (χ3v) is 3.84. The highest BCUT2D eigenvalue weighted by Crippen LogP contribution is 2.33. The van der Waals surface area contributed by atoms with Gasteiger partial charge in [0.15, 0.2) is 0 Å². The number of aryl methyl sites for hydroxylation is 1. The summed E-state index contributed by atoms with van der Waals surface area (Å²) in [4.78, 5) is 7.94. The third-order valence-electron chi connectivity index (χ3n) is 3.84. The second kappa shape index (κ2) is 4.62. The zero-order valence-corrected chi connectivity index (χ0v) is 12.9. The molecule has 0 saturated heterocycles. The Hall–Kier alpha value is -2.29. The number of rotatable bonds is 1. The quantitative estimate of drug-likeness (QED) is 0.687. The first-order valence-corrected chi connectivity index (χ1v) is 7.15. The minimum absolute atomic E-state index is 0.0321. The number of imidazole rings is 1. The lowest BCUT2D eigenvalue weighted by atomic mass is 9.86. The van der Waals surface area contributed by atoms with Crippen LogP contribution < -0.4 is 0 Å². The first-order valence-electron chi connectivity index (χ1n) is 7.15. The minimum atomic E-state index is 0.0321. The monoisotopic (exact) mass is 280 g/mol. The summed E-state index contributed by atoms with van der Waals surface area (Å²) in [7, 11) is 0. The van der Waals surface area contributed by atoms with Gasteiger partial charge in [0.1, 0.15) is 11.6 Å². The second-order valence-corrected chi connectivity index (χ2v) is 6.54. The van der Waals surface area contributed by atoms with Gasteiger partial charge in [0, 0.05) is 0 Å². The molecule has 1 aromatic heterocycles. The predicted octanol–water partition coefficient (Wildman–Crippen LogP) is 4.54. The molecule has 108 valence electrons. The van der Waals surface area contributed by atoms with E-state index in [9.17, 15) is 5.11 Å². The van der Waals surface area contributed by atoms with E-state index in [4.69, 9.17) is 0 Å². The van der Waals surface area contributed by atoms with Gasteiger partial charge in [-0.15, -0.1) is 0 Å². The summed E-state index contributed by atoms with van der Waals surface area (Å²) in [5, 5.41) is 10.2. The van der Waals surface area contributed by atoms with E-state index in [2.05, 4.69) is 43.7 Å². The largest absolute Gasteiger partial charge is 0.507 e. The van der Waals surface area contributed by atoms with Crippen LogP contribution in [-0.2, 0) is 5.41 Å². The first-order chi connectivity index (χ1) is 9.86. The zero-order chi connectivity index (χ0) is 15.2. The first kappa shape index (κ1) is 13.7. The van der Waals surface area contributed by atoms with Crippen molar-refractivity contribution in [1.82, 2.24) is 9.97 Å². The van der Waals surface area contributed by atoms with E-state index in [1.807, 2.05) is 24.3 Å². The van der Waals surface area contributed by atoms with Crippen molar-refractivity contribution in [3.8, 4) is 17.1 Å². The van der Waals surface area contributed by atoms with Crippen LogP contribution in [0.3, 0.4) is 0 Å². The molecule has 0 amide bonds. The van der Waals surface area contributed by atoms with Gasteiger partial charge in [0.05, 0.1) is 16.6 Å². The maximum absolute atomic E-state index is 10.2. The number of hydrogen-bond donors (Lipinski definition) is 2. The molecule has 1 heterocycles. The highest BCUT2D eigenvalue weighted by Gasteiger charge is 2.17.